The summed E-state index contributed by atoms with van der Waals surface area (Å²) in [6.07, 6.45) is 5.63. The van der Waals surface area contributed by atoms with E-state index in [0.717, 1.165) is 23.1 Å². The van der Waals surface area contributed by atoms with Crippen LogP contribution in [-0.2, 0) is 11.2 Å². The van der Waals surface area contributed by atoms with Crippen molar-refractivity contribution in [3.05, 3.63) is 34.8 Å². The Hall–Kier alpha value is -1.86. The third kappa shape index (κ3) is 1.88. The Morgan fingerprint density at radius 1 is 1.29 bits per heavy atom. The largest absolute Gasteiger partial charge is 0.371 e. The molecule has 1 unspecified atom stereocenters. The van der Waals surface area contributed by atoms with Crippen LogP contribution in [0.1, 0.15) is 48.6 Å². The zero-order valence-electron chi connectivity index (χ0n) is 11.8. The minimum atomic E-state index is -0.288. The molecule has 2 heterocycles. The minimum Gasteiger partial charge on any atom is -0.371 e. The van der Waals surface area contributed by atoms with E-state index in [1.54, 1.807) is 6.07 Å². The van der Waals surface area contributed by atoms with Gasteiger partial charge in [-0.1, -0.05) is 12.8 Å². The van der Waals surface area contributed by atoms with Crippen LogP contribution in [0.4, 0.5) is 4.39 Å². The minimum absolute atomic E-state index is 0.0367. The molecule has 21 heavy (non-hydrogen) atoms. The lowest BCUT2D eigenvalue weighted by Gasteiger charge is -2.28. The molecular weight excluding hydrogens is 267 g/mol. The van der Waals surface area contributed by atoms with Crippen LogP contribution in [0.2, 0.25) is 0 Å². The zero-order valence-corrected chi connectivity index (χ0v) is 11.8. The fourth-order valence-electron chi connectivity index (χ4n) is 3.96. The Bertz CT molecular complexity index is 737. The van der Waals surface area contributed by atoms with Crippen LogP contribution >= 0.6 is 0 Å². The Morgan fingerprint density at radius 3 is 2.86 bits per heavy atom. The van der Waals surface area contributed by atoms with E-state index in [1.165, 1.54) is 31.7 Å². The van der Waals surface area contributed by atoms with Crippen molar-refractivity contribution in [2.24, 2.45) is 5.92 Å². The van der Waals surface area contributed by atoms with Crippen molar-refractivity contribution in [1.82, 2.24) is 4.98 Å². The van der Waals surface area contributed by atoms with Crippen LogP contribution in [0.5, 0.6) is 0 Å². The van der Waals surface area contributed by atoms with Crippen molar-refractivity contribution in [1.29, 1.82) is 5.26 Å². The van der Waals surface area contributed by atoms with Crippen LogP contribution < -0.4 is 0 Å². The summed E-state index contributed by atoms with van der Waals surface area (Å²) in [5.41, 5.74) is 3.11. The van der Waals surface area contributed by atoms with Crippen LogP contribution in [-0.4, -0.2) is 11.6 Å². The molecule has 0 spiro atoms. The highest BCUT2D eigenvalue weighted by molar-refractivity contribution is 5.90. The van der Waals surface area contributed by atoms with Gasteiger partial charge < -0.3 is 9.72 Å². The Balaban J connectivity index is 1.92. The first-order valence-corrected chi connectivity index (χ1v) is 7.64. The average molecular weight is 284 g/mol. The van der Waals surface area contributed by atoms with Gasteiger partial charge in [-0.25, -0.2) is 4.39 Å². The first-order chi connectivity index (χ1) is 10.3. The van der Waals surface area contributed by atoms with Crippen molar-refractivity contribution in [3.8, 4) is 6.07 Å². The fourth-order valence-corrected chi connectivity index (χ4v) is 3.96. The molecule has 1 aliphatic heterocycles. The molecule has 2 aliphatic rings. The molecule has 0 amide bonds. The quantitative estimate of drug-likeness (QED) is 0.861. The molecule has 108 valence electrons. The molecule has 4 rings (SSSR count). The summed E-state index contributed by atoms with van der Waals surface area (Å²) >= 11 is 0. The number of nitrogens with one attached hydrogen (secondary N) is 1. The van der Waals surface area contributed by atoms with Crippen LogP contribution in [0.15, 0.2) is 12.1 Å². The van der Waals surface area contributed by atoms with Gasteiger partial charge in [-0.2, -0.15) is 5.26 Å². The number of aromatic amines is 1. The molecule has 2 aromatic rings. The van der Waals surface area contributed by atoms with E-state index in [0.29, 0.717) is 23.6 Å². The predicted octanol–water partition coefficient (Wildman–Crippen LogP) is 3.98. The summed E-state index contributed by atoms with van der Waals surface area (Å²) in [4.78, 5) is 3.23. The second-order valence-corrected chi connectivity index (χ2v) is 6.06. The average Bonchev–Trinajstić information content (AvgIpc) is 3.15. The maximum absolute atomic E-state index is 14.1. The van der Waals surface area contributed by atoms with Gasteiger partial charge in [0.1, 0.15) is 11.9 Å². The number of halogens is 1. The Labute approximate surface area is 122 Å². The molecule has 1 aromatic carbocycles. The molecule has 0 bridgehead atoms. The van der Waals surface area contributed by atoms with Gasteiger partial charge in [0.25, 0.3) is 0 Å². The second kappa shape index (κ2) is 4.85. The lowest BCUT2D eigenvalue weighted by molar-refractivity contribution is 0.000673. The predicted molar refractivity (Wildman–Crippen MR) is 77.3 cm³/mol. The maximum Gasteiger partial charge on any atom is 0.147 e. The molecule has 0 saturated heterocycles. The van der Waals surface area contributed by atoms with Gasteiger partial charge in [0.2, 0.25) is 0 Å². The number of H-pyrrole nitrogens is 1. The van der Waals surface area contributed by atoms with Crippen molar-refractivity contribution in [2.45, 2.75) is 38.2 Å². The number of ether oxygens (including phenoxy) is 1. The summed E-state index contributed by atoms with van der Waals surface area (Å²) in [5, 5.41) is 10.1. The van der Waals surface area contributed by atoms with E-state index in [9.17, 15) is 9.65 Å². The lowest BCUT2D eigenvalue weighted by atomic mass is 9.91. The maximum atomic E-state index is 14.1. The molecule has 1 N–H and O–H groups in total. The molecule has 0 radical (unpaired) electrons. The summed E-state index contributed by atoms with van der Waals surface area (Å²) in [6, 6.07) is 5.13. The SMILES string of the molecule is N#Cc1ccc(F)c2[nH]c3c(c12)CCOC3C1CCCC1. The smallest absolute Gasteiger partial charge is 0.147 e. The van der Waals surface area contributed by atoms with Crippen LogP contribution in [0, 0.1) is 23.1 Å². The van der Waals surface area contributed by atoms with E-state index < -0.39 is 0 Å². The number of hydrogen-bond acceptors (Lipinski definition) is 2. The number of fused-ring (bicyclic) bond motifs is 3. The van der Waals surface area contributed by atoms with Gasteiger partial charge >= 0.3 is 0 Å². The van der Waals surface area contributed by atoms with Gasteiger partial charge in [0.15, 0.2) is 0 Å². The number of hydrogen-bond donors (Lipinski definition) is 1. The molecule has 4 heteroatoms. The monoisotopic (exact) mass is 284 g/mol. The highest BCUT2D eigenvalue weighted by atomic mass is 19.1. The number of nitriles is 1. The van der Waals surface area contributed by atoms with Crippen molar-refractivity contribution in [3.63, 3.8) is 0 Å². The van der Waals surface area contributed by atoms with Gasteiger partial charge in [0, 0.05) is 11.1 Å². The zero-order chi connectivity index (χ0) is 14.4. The Morgan fingerprint density at radius 2 is 2.10 bits per heavy atom. The van der Waals surface area contributed by atoms with E-state index in [2.05, 4.69) is 11.1 Å². The van der Waals surface area contributed by atoms with Gasteiger partial charge in [-0.15, -0.1) is 0 Å². The fraction of sp³-hybridized carbons (Fsp3) is 0.471. The highest BCUT2D eigenvalue weighted by Gasteiger charge is 2.34. The molecular formula is C17H17FN2O. The van der Waals surface area contributed by atoms with Crippen molar-refractivity contribution >= 4 is 10.9 Å². The second-order valence-electron chi connectivity index (χ2n) is 6.06. The topological polar surface area (TPSA) is 48.8 Å². The summed E-state index contributed by atoms with van der Waals surface area (Å²) in [7, 11) is 0. The molecule has 1 fully saturated rings. The standard InChI is InChI=1S/C17H17FN2O/c18-13-6-5-11(9-19)14-12-7-8-21-17(10-3-1-2-4-10)15(12)20-16(13)14/h5-6,10,17,20H,1-4,7-8H2. The normalized spacial score (nSPS) is 22.4. The first kappa shape index (κ1) is 12.8. The Kier molecular flexibility index (Phi) is 2.97. The molecule has 3 nitrogen and oxygen atoms in total. The van der Waals surface area contributed by atoms with E-state index in [-0.39, 0.29) is 11.9 Å². The van der Waals surface area contributed by atoms with E-state index in [1.807, 2.05) is 0 Å². The lowest BCUT2D eigenvalue weighted by Crippen LogP contribution is -2.21. The number of benzene rings is 1. The van der Waals surface area contributed by atoms with Crippen LogP contribution in [0.25, 0.3) is 10.9 Å². The number of rotatable bonds is 1. The van der Waals surface area contributed by atoms with Crippen LogP contribution in [0.3, 0.4) is 0 Å². The summed E-state index contributed by atoms with van der Waals surface area (Å²) in [5.74, 6) is 0.231. The molecule has 1 saturated carbocycles. The number of aromatic nitrogens is 1. The van der Waals surface area contributed by atoms with E-state index in [4.69, 9.17) is 4.74 Å². The molecule has 1 aromatic heterocycles. The highest BCUT2D eigenvalue weighted by Crippen LogP contribution is 2.43. The molecule has 1 aliphatic carbocycles. The van der Waals surface area contributed by atoms with E-state index >= 15 is 0 Å². The third-order valence-corrected chi connectivity index (χ3v) is 4.92. The first-order valence-electron chi connectivity index (χ1n) is 7.64. The van der Waals surface area contributed by atoms with Crippen molar-refractivity contribution < 1.29 is 9.13 Å². The summed E-state index contributed by atoms with van der Waals surface area (Å²) in [6.45, 7) is 0.655. The van der Waals surface area contributed by atoms with Gasteiger partial charge in [-0.05, 0) is 42.9 Å². The van der Waals surface area contributed by atoms with Gasteiger partial charge in [0.05, 0.1) is 23.8 Å². The number of nitrogens with zero attached hydrogens (tertiary/aromatic N) is 1. The third-order valence-electron chi connectivity index (χ3n) is 4.92. The van der Waals surface area contributed by atoms with Gasteiger partial charge in [-0.3, -0.25) is 0 Å². The van der Waals surface area contributed by atoms with Crippen molar-refractivity contribution in [2.75, 3.05) is 6.61 Å². The molecule has 1 atom stereocenters. The summed E-state index contributed by atoms with van der Waals surface area (Å²) < 4.78 is 20.1.